The van der Waals surface area contributed by atoms with E-state index in [0.717, 1.165) is 5.56 Å². The highest BCUT2D eigenvalue weighted by Crippen LogP contribution is 2.14. The number of aryl methyl sites for hydroxylation is 1. The van der Waals surface area contributed by atoms with Gasteiger partial charge in [-0.25, -0.2) is 0 Å². The van der Waals surface area contributed by atoms with Crippen molar-refractivity contribution in [1.29, 1.82) is 5.26 Å². The predicted octanol–water partition coefficient (Wildman–Crippen LogP) is 1.16. The Morgan fingerprint density at radius 3 is 3.00 bits per heavy atom. The number of hydrogen-bond donors (Lipinski definition) is 1. The fourth-order valence-corrected chi connectivity index (χ4v) is 0.751. The SMILES string of the molecule is Cc1ncc(CC#N)cc1O. The molecule has 0 aliphatic carbocycles. The summed E-state index contributed by atoms with van der Waals surface area (Å²) in [4.78, 5) is 3.90. The first-order chi connectivity index (χ1) is 5.24. The molecule has 56 valence electrons. The largest absolute Gasteiger partial charge is 0.506 e. The van der Waals surface area contributed by atoms with E-state index in [9.17, 15) is 0 Å². The lowest BCUT2D eigenvalue weighted by Crippen LogP contribution is -1.86. The fourth-order valence-electron chi connectivity index (χ4n) is 0.751. The topological polar surface area (TPSA) is 56.9 Å². The highest BCUT2D eigenvalue weighted by Gasteiger charge is 1.97. The summed E-state index contributed by atoms with van der Waals surface area (Å²) in [6, 6.07) is 3.54. The smallest absolute Gasteiger partial charge is 0.137 e. The van der Waals surface area contributed by atoms with Crippen molar-refractivity contribution in [1.82, 2.24) is 4.98 Å². The lowest BCUT2D eigenvalue weighted by Gasteiger charge is -1.98. The van der Waals surface area contributed by atoms with Crippen LogP contribution < -0.4 is 0 Å². The molecule has 0 aliphatic heterocycles. The van der Waals surface area contributed by atoms with Gasteiger partial charge in [-0.1, -0.05) is 0 Å². The second kappa shape index (κ2) is 3.02. The maximum Gasteiger partial charge on any atom is 0.137 e. The van der Waals surface area contributed by atoms with Gasteiger partial charge in [0.25, 0.3) is 0 Å². The average Bonchev–Trinajstić information content (AvgIpc) is 1.98. The van der Waals surface area contributed by atoms with E-state index in [1.165, 1.54) is 0 Å². The van der Waals surface area contributed by atoms with E-state index in [0.29, 0.717) is 12.1 Å². The zero-order valence-corrected chi connectivity index (χ0v) is 6.20. The van der Waals surface area contributed by atoms with E-state index >= 15 is 0 Å². The van der Waals surface area contributed by atoms with Gasteiger partial charge in [0.15, 0.2) is 0 Å². The molecule has 1 heterocycles. The zero-order chi connectivity index (χ0) is 8.27. The molecule has 1 aromatic heterocycles. The number of aromatic hydroxyl groups is 1. The molecule has 3 heteroatoms. The molecule has 0 unspecified atom stereocenters. The van der Waals surface area contributed by atoms with Crippen LogP contribution in [0.1, 0.15) is 11.3 Å². The van der Waals surface area contributed by atoms with Gasteiger partial charge in [-0.05, 0) is 18.6 Å². The molecular formula is C8H8N2O. The summed E-state index contributed by atoms with van der Waals surface area (Å²) in [5.74, 6) is 0.151. The summed E-state index contributed by atoms with van der Waals surface area (Å²) < 4.78 is 0. The van der Waals surface area contributed by atoms with E-state index in [2.05, 4.69) is 4.98 Å². The maximum atomic E-state index is 9.15. The third kappa shape index (κ3) is 1.68. The van der Waals surface area contributed by atoms with Crippen LogP contribution in [-0.4, -0.2) is 10.1 Å². The Hall–Kier alpha value is -1.56. The van der Waals surface area contributed by atoms with Gasteiger partial charge in [-0.3, -0.25) is 4.98 Å². The van der Waals surface area contributed by atoms with Gasteiger partial charge in [0.05, 0.1) is 18.2 Å². The molecule has 0 aliphatic rings. The van der Waals surface area contributed by atoms with Crippen molar-refractivity contribution in [2.75, 3.05) is 0 Å². The molecule has 1 aromatic rings. The van der Waals surface area contributed by atoms with E-state index in [1.54, 1.807) is 19.2 Å². The van der Waals surface area contributed by atoms with E-state index < -0.39 is 0 Å². The first kappa shape index (κ1) is 7.55. The van der Waals surface area contributed by atoms with E-state index in [4.69, 9.17) is 10.4 Å². The van der Waals surface area contributed by atoms with Crippen LogP contribution in [0.5, 0.6) is 5.75 Å². The van der Waals surface area contributed by atoms with Crippen LogP contribution in [0.4, 0.5) is 0 Å². The minimum atomic E-state index is 0.151. The molecule has 0 amide bonds. The lowest BCUT2D eigenvalue weighted by molar-refractivity contribution is 0.467. The molecule has 3 nitrogen and oxygen atoms in total. The quantitative estimate of drug-likeness (QED) is 0.650. The van der Waals surface area contributed by atoms with Gasteiger partial charge < -0.3 is 5.11 Å². The summed E-state index contributed by atoms with van der Waals surface area (Å²) in [5, 5.41) is 17.5. The summed E-state index contributed by atoms with van der Waals surface area (Å²) in [7, 11) is 0. The third-order valence-electron chi connectivity index (χ3n) is 1.40. The number of rotatable bonds is 1. The van der Waals surface area contributed by atoms with Crippen molar-refractivity contribution >= 4 is 0 Å². The Bertz CT molecular complexity index is 301. The second-order valence-electron chi connectivity index (χ2n) is 2.28. The minimum absolute atomic E-state index is 0.151. The Morgan fingerprint density at radius 2 is 2.45 bits per heavy atom. The Morgan fingerprint density at radius 1 is 1.73 bits per heavy atom. The van der Waals surface area contributed by atoms with Crippen molar-refractivity contribution in [2.45, 2.75) is 13.3 Å². The average molecular weight is 148 g/mol. The van der Waals surface area contributed by atoms with Gasteiger partial charge in [-0.15, -0.1) is 0 Å². The van der Waals surface area contributed by atoms with Crippen molar-refractivity contribution in [3.63, 3.8) is 0 Å². The molecule has 0 radical (unpaired) electrons. The third-order valence-corrected chi connectivity index (χ3v) is 1.40. The molecule has 0 aromatic carbocycles. The van der Waals surface area contributed by atoms with Gasteiger partial charge in [-0.2, -0.15) is 5.26 Å². The molecule has 0 saturated carbocycles. The summed E-state index contributed by atoms with van der Waals surface area (Å²) in [5.41, 5.74) is 1.34. The van der Waals surface area contributed by atoms with Crippen molar-refractivity contribution in [3.8, 4) is 11.8 Å². The minimum Gasteiger partial charge on any atom is -0.506 e. The van der Waals surface area contributed by atoms with E-state index in [-0.39, 0.29) is 5.75 Å². The van der Waals surface area contributed by atoms with Gasteiger partial charge in [0, 0.05) is 6.20 Å². The molecule has 1 N–H and O–H groups in total. The number of nitrogens with zero attached hydrogens (tertiary/aromatic N) is 2. The molecule has 0 saturated heterocycles. The fraction of sp³-hybridized carbons (Fsp3) is 0.250. The van der Waals surface area contributed by atoms with Crippen molar-refractivity contribution in [3.05, 3.63) is 23.5 Å². The Balaban J connectivity index is 2.98. The van der Waals surface area contributed by atoms with Crippen LogP contribution in [0.2, 0.25) is 0 Å². The highest BCUT2D eigenvalue weighted by atomic mass is 16.3. The molecule has 0 atom stereocenters. The van der Waals surface area contributed by atoms with Crippen LogP contribution in [0.3, 0.4) is 0 Å². The van der Waals surface area contributed by atoms with Crippen molar-refractivity contribution in [2.24, 2.45) is 0 Å². The molecule has 1 rings (SSSR count). The van der Waals surface area contributed by atoms with E-state index in [1.807, 2.05) is 6.07 Å². The summed E-state index contributed by atoms with van der Waals surface area (Å²) in [6.45, 7) is 1.71. The van der Waals surface area contributed by atoms with Crippen LogP contribution in [0.15, 0.2) is 12.3 Å². The Labute approximate surface area is 64.9 Å². The van der Waals surface area contributed by atoms with Crippen LogP contribution in [0, 0.1) is 18.3 Å². The van der Waals surface area contributed by atoms with Crippen molar-refractivity contribution < 1.29 is 5.11 Å². The highest BCUT2D eigenvalue weighted by molar-refractivity contribution is 5.30. The number of pyridine rings is 1. The molecule has 0 bridgehead atoms. The first-order valence-corrected chi connectivity index (χ1v) is 3.25. The second-order valence-corrected chi connectivity index (χ2v) is 2.28. The summed E-state index contributed by atoms with van der Waals surface area (Å²) in [6.07, 6.45) is 1.89. The lowest BCUT2D eigenvalue weighted by atomic mass is 10.2. The number of aromatic nitrogens is 1. The maximum absolute atomic E-state index is 9.15. The van der Waals surface area contributed by atoms with Crippen LogP contribution >= 0.6 is 0 Å². The first-order valence-electron chi connectivity index (χ1n) is 3.25. The van der Waals surface area contributed by atoms with Gasteiger partial charge >= 0.3 is 0 Å². The molecule has 11 heavy (non-hydrogen) atoms. The normalized spacial score (nSPS) is 9.09. The standard InChI is InChI=1S/C8H8N2O/c1-6-8(11)4-7(2-3-9)5-10-6/h4-5,11H,2H2,1H3. The number of nitriles is 1. The van der Waals surface area contributed by atoms with Gasteiger partial charge in [0.1, 0.15) is 5.75 Å². The molecule has 0 spiro atoms. The zero-order valence-electron chi connectivity index (χ0n) is 6.20. The molecule has 0 fully saturated rings. The predicted molar refractivity (Wildman–Crippen MR) is 40.0 cm³/mol. The van der Waals surface area contributed by atoms with Crippen LogP contribution in [0.25, 0.3) is 0 Å². The van der Waals surface area contributed by atoms with Crippen LogP contribution in [-0.2, 0) is 6.42 Å². The number of hydrogen-bond acceptors (Lipinski definition) is 3. The molecular weight excluding hydrogens is 140 g/mol. The summed E-state index contributed by atoms with van der Waals surface area (Å²) >= 11 is 0. The van der Waals surface area contributed by atoms with Gasteiger partial charge in [0.2, 0.25) is 0 Å². The monoisotopic (exact) mass is 148 g/mol. The Kier molecular flexibility index (Phi) is 2.07.